The molecule has 1 aliphatic rings. The number of carbonyl (C=O) groups excluding carboxylic acids is 1. The topological polar surface area (TPSA) is 67.5 Å². The molecule has 1 aromatic carbocycles. The number of aromatic nitrogens is 2. The van der Waals surface area contributed by atoms with Gasteiger partial charge in [-0.2, -0.15) is 0 Å². The number of fused-ring (bicyclic) bond motifs is 1. The second-order valence-corrected chi connectivity index (χ2v) is 6.45. The molecule has 0 aliphatic carbocycles. The normalized spacial score (nSPS) is 16.2. The summed E-state index contributed by atoms with van der Waals surface area (Å²) >= 11 is 0. The summed E-state index contributed by atoms with van der Waals surface area (Å²) in [5.41, 5.74) is 1.85. The number of nitrogens with one attached hydrogen (secondary N) is 1. The van der Waals surface area contributed by atoms with Gasteiger partial charge in [0.1, 0.15) is 6.61 Å². The van der Waals surface area contributed by atoms with Crippen LogP contribution in [0.25, 0.3) is 0 Å². The van der Waals surface area contributed by atoms with Gasteiger partial charge in [-0.25, -0.2) is 4.98 Å². The van der Waals surface area contributed by atoms with Crippen LogP contribution < -0.4 is 9.47 Å². The number of para-hydroxylation sites is 2. The highest BCUT2D eigenvalue weighted by Gasteiger charge is 2.31. The minimum atomic E-state index is -0.627. The lowest BCUT2D eigenvalue weighted by atomic mass is 10.1. The van der Waals surface area contributed by atoms with Gasteiger partial charge in [0.15, 0.2) is 11.5 Å². The maximum Gasteiger partial charge on any atom is 0.267 e. The molecule has 0 saturated carbocycles. The Bertz CT molecular complexity index is 711. The average molecular weight is 329 g/mol. The van der Waals surface area contributed by atoms with Crippen LogP contribution >= 0.6 is 0 Å². The third kappa shape index (κ3) is 3.53. The number of rotatable bonds is 5. The Morgan fingerprint density at radius 2 is 2.12 bits per heavy atom. The first kappa shape index (κ1) is 16.4. The summed E-state index contributed by atoms with van der Waals surface area (Å²) < 4.78 is 11.5. The number of H-pyrrole nitrogens is 1. The molecule has 0 unspecified atom stereocenters. The van der Waals surface area contributed by atoms with Gasteiger partial charge in [-0.05, 0) is 25.0 Å². The van der Waals surface area contributed by atoms with Crippen LogP contribution in [0.2, 0.25) is 0 Å². The molecule has 2 heterocycles. The van der Waals surface area contributed by atoms with Crippen LogP contribution in [-0.4, -0.2) is 40.0 Å². The van der Waals surface area contributed by atoms with E-state index in [0.29, 0.717) is 30.5 Å². The molecule has 6 nitrogen and oxygen atoms in total. The fourth-order valence-corrected chi connectivity index (χ4v) is 2.75. The van der Waals surface area contributed by atoms with Crippen LogP contribution in [0.3, 0.4) is 0 Å². The van der Waals surface area contributed by atoms with Gasteiger partial charge in [0, 0.05) is 12.2 Å². The van der Waals surface area contributed by atoms with Crippen molar-refractivity contribution in [3.63, 3.8) is 0 Å². The molecule has 0 fully saturated rings. The lowest BCUT2D eigenvalue weighted by molar-refractivity contribution is -0.142. The number of aromatic amines is 1. The van der Waals surface area contributed by atoms with E-state index >= 15 is 0 Å². The van der Waals surface area contributed by atoms with Crippen LogP contribution in [0.5, 0.6) is 11.5 Å². The van der Waals surface area contributed by atoms with Gasteiger partial charge < -0.3 is 19.4 Å². The van der Waals surface area contributed by atoms with E-state index in [4.69, 9.17) is 9.47 Å². The summed E-state index contributed by atoms with van der Waals surface area (Å²) in [5, 5.41) is 0. The summed E-state index contributed by atoms with van der Waals surface area (Å²) in [6.07, 6.45) is 1.03. The van der Waals surface area contributed by atoms with Gasteiger partial charge in [-0.15, -0.1) is 0 Å². The molecular formula is C18H23N3O3. The number of amides is 1. The Kier molecular flexibility index (Phi) is 4.74. The number of benzene rings is 1. The summed E-state index contributed by atoms with van der Waals surface area (Å²) in [4.78, 5) is 22.1. The van der Waals surface area contributed by atoms with Crippen molar-refractivity contribution in [2.45, 2.75) is 33.4 Å². The van der Waals surface area contributed by atoms with E-state index < -0.39 is 6.10 Å². The van der Waals surface area contributed by atoms with Crippen molar-refractivity contribution < 1.29 is 14.3 Å². The minimum Gasteiger partial charge on any atom is -0.485 e. The van der Waals surface area contributed by atoms with Crippen molar-refractivity contribution in [3.05, 3.63) is 42.0 Å². The SMILES string of the molecule is Cc1[nH]cnc1CN(CC(C)C)C(=O)[C@@H]1COc2ccccc2O1. The Morgan fingerprint density at radius 3 is 2.79 bits per heavy atom. The minimum absolute atomic E-state index is 0.0689. The van der Waals surface area contributed by atoms with Gasteiger partial charge in [0.2, 0.25) is 6.10 Å². The Labute approximate surface area is 141 Å². The van der Waals surface area contributed by atoms with E-state index in [2.05, 4.69) is 23.8 Å². The van der Waals surface area contributed by atoms with Crippen molar-refractivity contribution in [1.82, 2.24) is 14.9 Å². The standard InChI is InChI=1S/C18H23N3O3/c1-12(2)8-21(9-14-13(3)19-11-20-14)18(22)17-10-23-15-6-4-5-7-16(15)24-17/h4-7,11-12,17H,8-10H2,1-3H3,(H,19,20)/t17-/m0/s1. The molecule has 0 bridgehead atoms. The molecule has 1 amide bonds. The first-order valence-corrected chi connectivity index (χ1v) is 8.20. The highest BCUT2D eigenvalue weighted by atomic mass is 16.6. The first-order chi connectivity index (χ1) is 11.5. The first-order valence-electron chi connectivity index (χ1n) is 8.20. The summed E-state index contributed by atoms with van der Waals surface area (Å²) in [7, 11) is 0. The van der Waals surface area contributed by atoms with Crippen molar-refractivity contribution in [3.8, 4) is 11.5 Å². The molecule has 0 radical (unpaired) electrons. The zero-order valence-electron chi connectivity index (χ0n) is 14.3. The maximum absolute atomic E-state index is 13.0. The van der Waals surface area contributed by atoms with E-state index in [1.54, 1.807) is 11.2 Å². The predicted molar refractivity (Wildman–Crippen MR) is 89.9 cm³/mol. The van der Waals surface area contributed by atoms with E-state index in [9.17, 15) is 4.79 Å². The van der Waals surface area contributed by atoms with Gasteiger partial charge in [-0.1, -0.05) is 26.0 Å². The number of imidazole rings is 1. The summed E-state index contributed by atoms with van der Waals surface area (Å²) in [5.74, 6) is 1.58. The zero-order valence-corrected chi connectivity index (χ0v) is 14.3. The van der Waals surface area contributed by atoms with Gasteiger partial charge >= 0.3 is 0 Å². The van der Waals surface area contributed by atoms with Crippen molar-refractivity contribution in [1.29, 1.82) is 0 Å². The molecule has 6 heteroatoms. The molecule has 3 rings (SSSR count). The van der Waals surface area contributed by atoms with E-state index in [-0.39, 0.29) is 12.5 Å². The smallest absolute Gasteiger partial charge is 0.267 e. The zero-order chi connectivity index (χ0) is 17.1. The Balaban J connectivity index is 1.75. The van der Waals surface area contributed by atoms with Crippen molar-refractivity contribution >= 4 is 5.91 Å². The van der Waals surface area contributed by atoms with Gasteiger partial charge in [-0.3, -0.25) is 4.79 Å². The Morgan fingerprint density at radius 1 is 1.38 bits per heavy atom. The lowest BCUT2D eigenvalue weighted by Crippen LogP contribution is -2.47. The molecule has 1 aliphatic heterocycles. The molecule has 0 spiro atoms. The summed E-state index contributed by atoms with van der Waals surface area (Å²) in [6.45, 7) is 7.47. The second kappa shape index (κ2) is 6.95. The number of carbonyl (C=O) groups is 1. The monoisotopic (exact) mass is 329 g/mol. The van der Waals surface area contributed by atoms with E-state index in [1.807, 2.05) is 31.2 Å². The lowest BCUT2D eigenvalue weighted by Gasteiger charge is -2.31. The fourth-order valence-electron chi connectivity index (χ4n) is 2.75. The maximum atomic E-state index is 13.0. The molecular weight excluding hydrogens is 306 g/mol. The molecule has 128 valence electrons. The van der Waals surface area contributed by atoms with Crippen molar-refractivity contribution in [2.75, 3.05) is 13.2 Å². The quantitative estimate of drug-likeness (QED) is 0.915. The van der Waals surface area contributed by atoms with Crippen LogP contribution in [0.15, 0.2) is 30.6 Å². The number of ether oxygens (including phenoxy) is 2. The number of aryl methyl sites for hydroxylation is 1. The van der Waals surface area contributed by atoms with Crippen LogP contribution in [-0.2, 0) is 11.3 Å². The molecule has 1 aromatic heterocycles. The van der Waals surface area contributed by atoms with Crippen molar-refractivity contribution in [2.24, 2.45) is 5.92 Å². The van der Waals surface area contributed by atoms with Gasteiger partial charge in [0.25, 0.3) is 5.91 Å². The largest absolute Gasteiger partial charge is 0.485 e. The third-order valence-electron chi connectivity index (χ3n) is 3.96. The molecule has 2 aromatic rings. The molecule has 0 saturated heterocycles. The van der Waals surface area contributed by atoms with Crippen LogP contribution in [0, 0.1) is 12.8 Å². The molecule has 24 heavy (non-hydrogen) atoms. The van der Waals surface area contributed by atoms with Crippen LogP contribution in [0.4, 0.5) is 0 Å². The number of nitrogens with zero attached hydrogens (tertiary/aromatic N) is 2. The van der Waals surface area contributed by atoms with Crippen LogP contribution in [0.1, 0.15) is 25.2 Å². The predicted octanol–water partition coefficient (Wildman–Crippen LogP) is 2.54. The third-order valence-corrected chi connectivity index (χ3v) is 3.96. The average Bonchev–Trinajstić information content (AvgIpc) is 2.97. The van der Waals surface area contributed by atoms with Gasteiger partial charge in [0.05, 0.1) is 18.6 Å². The number of hydrogen-bond donors (Lipinski definition) is 1. The molecule has 1 atom stereocenters. The molecule has 1 N–H and O–H groups in total. The Hall–Kier alpha value is -2.50. The number of hydrogen-bond acceptors (Lipinski definition) is 4. The van der Waals surface area contributed by atoms with E-state index in [1.165, 1.54) is 0 Å². The fraction of sp³-hybridized carbons (Fsp3) is 0.444. The van der Waals surface area contributed by atoms with E-state index in [0.717, 1.165) is 11.4 Å². The highest BCUT2D eigenvalue weighted by molar-refractivity contribution is 5.82. The summed E-state index contributed by atoms with van der Waals surface area (Å²) in [6, 6.07) is 7.41. The highest BCUT2D eigenvalue weighted by Crippen LogP contribution is 2.31. The second-order valence-electron chi connectivity index (χ2n) is 6.45.